The summed E-state index contributed by atoms with van der Waals surface area (Å²) in [6, 6.07) is 0. The minimum absolute atomic E-state index is 0.332. The van der Waals surface area contributed by atoms with Gasteiger partial charge in [-0.2, -0.15) is 0 Å². The van der Waals surface area contributed by atoms with Crippen molar-refractivity contribution in [2.24, 2.45) is 0 Å². The van der Waals surface area contributed by atoms with Gasteiger partial charge in [-0.3, -0.25) is 4.79 Å². The van der Waals surface area contributed by atoms with Crippen LogP contribution in [0.4, 0.5) is 0 Å². The molecule has 0 heterocycles. The highest BCUT2D eigenvalue weighted by Crippen LogP contribution is 2.09. The standard InChI is InChI=1S/C18H34O2.C8H18O/c1-2-3-4-5-6-7-8-9-10-11-12-13-14-15-16-17-18(19)20;1-2-3-4-5-6-7-8-9/h9-10H,2-8,11-17H2,1H3,(H,19,20);9H,2-8H2,1H3/b10-9-;. The summed E-state index contributed by atoms with van der Waals surface area (Å²) < 4.78 is 0. The number of carboxylic acid groups (broad SMARTS) is 1. The first kappa shape index (κ1) is 30.4. The van der Waals surface area contributed by atoms with Crippen molar-refractivity contribution in [1.82, 2.24) is 0 Å². The Morgan fingerprint density at radius 1 is 0.586 bits per heavy atom. The number of allylic oxidation sites excluding steroid dienone is 2. The van der Waals surface area contributed by atoms with E-state index in [9.17, 15) is 4.79 Å². The van der Waals surface area contributed by atoms with E-state index in [1.807, 2.05) is 0 Å². The monoisotopic (exact) mass is 412 g/mol. The molecule has 0 spiro atoms. The van der Waals surface area contributed by atoms with E-state index in [1.54, 1.807) is 0 Å². The molecule has 0 aliphatic rings. The number of aliphatic carboxylic acids is 1. The Labute approximate surface area is 182 Å². The second kappa shape index (κ2) is 29.4. The molecule has 0 aromatic heterocycles. The molecule has 3 heteroatoms. The van der Waals surface area contributed by atoms with Gasteiger partial charge in [-0.15, -0.1) is 0 Å². The van der Waals surface area contributed by atoms with Gasteiger partial charge < -0.3 is 10.2 Å². The van der Waals surface area contributed by atoms with Crippen LogP contribution in [0.1, 0.15) is 142 Å². The first-order valence-corrected chi connectivity index (χ1v) is 12.7. The van der Waals surface area contributed by atoms with Gasteiger partial charge >= 0.3 is 5.97 Å². The fourth-order valence-electron chi connectivity index (χ4n) is 3.24. The lowest BCUT2D eigenvalue weighted by molar-refractivity contribution is -0.137. The van der Waals surface area contributed by atoms with Gasteiger partial charge in [0, 0.05) is 13.0 Å². The fourth-order valence-corrected chi connectivity index (χ4v) is 3.24. The van der Waals surface area contributed by atoms with E-state index >= 15 is 0 Å². The lowest BCUT2D eigenvalue weighted by Crippen LogP contribution is -1.93. The zero-order valence-corrected chi connectivity index (χ0v) is 19.8. The second-order valence-electron chi connectivity index (χ2n) is 8.22. The molecule has 2 N–H and O–H groups in total. The van der Waals surface area contributed by atoms with Crippen LogP contribution in [-0.2, 0) is 4.79 Å². The van der Waals surface area contributed by atoms with Gasteiger partial charge in [-0.05, 0) is 38.5 Å². The summed E-state index contributed by atoms with van der Waals surface area (Å²) in [4.78, 5) is 10.3. The quantitative estimate of drug-likeness (QED) is 0.147. The third-order valence-corrected chi connectivity index (χ3v) is 5.16. The average Bonchev–Trinajstić information content (AvgIpc) is 2.71. The maximum Gasteiger partial charge on any atom is 0.303 e. The number of carbonyl (C=O) groups is 1. The van der Waals surface area contributed by atoms with Gasteiger partial charge in [0.05, 0.1) is 0 Å². The number of rotatable bonds is 21. The van der Waals surface area contributed by atoms with E-state index in [4.69, 9.17) is 10.2 Å². The molecule has 0 aliphatic heterocycles. The topological polar surface area (TPSA) is 57.5 Å². The zero-order chi connectivity index (χ0) is 21.8. The van der Waals surface area contributed by atoms with Gasteiger partial charge in [0.15, 0.2) is 0 Å². The molecule has 0 aromatic rings. The van der Waals surface area contributed by atoms with Crippen LogP contribution in [0.2, 0.25) is 0 Å². The summed E-state index contributed by atoms with van der Waals surface area (Å²) in [6.07, 6.45) is 28.7. The molecule has 0 atom stereocenters. The minimum Gasteiger partial charge on any atom is -0.481 e. The van der Waals surface area contributed by atoms with Crippen LogP contribution in [0.3, 0.4) is 0 Å². The predicted octanol–water partition coefficient (Wildman–Crippen LogP) is 8.45. The molecule has 0 unspecified atom stereocenters. The SMILES string of the molecule is CCCCCCCC/C=C\CCCCCCCC(=O)O.CCCCCCCCO. The number of hydrogen-bond acceptors (Lipinski definition) is 2. The highest BCUT2D eigenvalue weighted by Gasteiger charge is 1.95. The molecule has 29 heavy (non-hydrogen) atoms. The van der Waals surface area contributed by atoms with Gasteiger partial charge in [-0.1, -0.05) is 109 Å². The molecular formula is C26H52O3. The van der Waals surface area contributed by atoms with Gasteiger partial charge in [-0.25, -0.2) is 0 Å². The lowest BCUT2D eigenvalue weighted by Gasteiger charge is -1.99. The van der Waals surface area contributed by atoms with E-state index in [0.29, 0.717) is 13.0 Å². The van der Waals surface area contributed by atoms with E-state index in [0.717, 1.165) is 19.3 Å². The molecule has 0 aliphatic carbocycles. The number of aliphatic hydroxyl groups excluding tert-OH is 1. The highest BCUT2D eigenvalue weighted by molar-refractivity contribution is 5.66. The van der Waals surface area contributed by atoms with Crippen molar-refractivity contribution < 1.29 is 15.0 Å². The number of carboxylic acids is 1. The van der Waals surface area contributed by atoms with Gasteiger partial charge in [0.25, 0.3) is 0 Å². The van der Waals surface area contributed by atoms with Crippen molar-refractivity contribution in [3.05, 3.63) is 12.2 Å². The average molecular weight is 413 g/mol. The zero-order valence-electron chi connectivity index (χ0n) is 19.8. The fraction of sp³-hybridized carbons (Fsp3) is 0.885. The number of unbranched alkanes of at least 4 members (excludes halogenated alkanes) is 16. The third-order valence-electron chi connectivity index (χ3n) is 5.16. The first-order chi connectivity index (χ1) is 14.2. The first-order valence-electron chi connectivity index (χ1n) is 12.7. The summed E-state index contributed by atoms with van der Waals surface area (Å²) in [5.41, 5.74) is 0. The smallest absolute Gasteiger partial charge is 0.303 e. The van der Waals surface area contributed by atoms with Crippen LogP contribution in [0.5, 0.6) is 0 Å². The lowest BCUT2D eigenvalue weighted by atomic mass is 10.1. The third kappa shape index (κ3) is 35.0. The van der Waals surface area contributed by atoms with Crippen molar-refractivity contribution in [3.8, 4) is 0 Å². The molecule has 0 bridgehead atoms. The Hall–Kier alpha value is -0.830. The van der Waals surface area contributed by atoms with Crippen molar-refractivity contribution in [1.29, 1.82) is 0 Å². The normalized spacial score (nSPS) is 10.9. The molecule has 3 nitrogen and oxygen atoms in total. The van der Waals surface area contributed by atoms with Crippen LogP contribution in [0.15, 0.2) is 12.2 Å². The molecule has 174 valence electrons. The predicted molar refractivity (Wildman–Crippen MR) is 128 cm³/mol. The second-order valence-corrected chi connectivity index (χ2v) is 8.22. The Bertz CT molecular complexity index is 320. The molecule has 0 radical (unpaired) electrons. The summed E-state index contributed by atoms with van der Waals surface area (Å²) >= 11 is 0. The largest absolute Gasteiger partial charge is 0.481 e. The van der Waals surface area contributed by atoms with E-state index in [2.05, 4.69) is 26.0 Å². The molecule has 0 saturated heterocycles. The molecule has 0 aromatic carbocycles. The van der Waals surface area contributed by atoms with Crippen LogP contribution in [0, 0.1) is 0 Å². The maximum atomic E-state index is 10.3. The highest BCUT2D eigenvalue weighted by atomic mass is 16.4. The van der Waals surface area contributed by atoms with Crippen LogP contribution in [0.25, 0.3) is 0 Å². The summed E-state index contributed by atoms with van der Waals surface area (Å²) in [5.74, 6) is -0.664. The van der Waals surface area contributed by atoms with Crippen molar-refractivity contribution >= 4 is 5.97 Å². The molecule has 0 fully saturated rings. The summed E-state index contributed by atoms with van der Waals surface area (Å²) in [7, 11) is 0. The maximum absolute atomic E-state index is 10.3. The molecular weight excluding hydrogens is 360 g/mol. The molecule has 0 rings (SSSR count). The Morgan fingerprint density at radius 3 is 1.38 bits per heavy atom. The number of hydrogen-bond donors (Lipinski definition) is 2. The van der Waals surface area contributed by atoms with Gasteiger partial charge in [0.1, 0.15) is 0 Å². The van der Waals surface area contributed by atoms with E-state index < -0.39 is 5.97 Å². The Kier molecular flexibility index (Phi) is 30.8. The summed E-state index contributed by atoms with van der Waals surface area (Å²) in [6.45, 7) is 4.84. The van der Waals surface area contributed by atoms with Crippen molar-refractivity contribution in [3.63, 3.8) is 0 Å². The number of aliphatic hydroxyl groups is 1. The van der Waals surface area contributed by atoms with Crippen molar-refractivity contribution in [2.75, 3.05) is 6.61 Å². The van der Waals surface area contributed by atoms with Crippen LogP contribution < -0.4 is 0 Å². The molecule has 0 saturated carbocycles. The Morgan fingerprint density at radius 2 is 0.966 bits per heavy atom. The van der Waals surface area contributed by atoms with Crippen molar-refractivity contribution in [2.45, 2.75) is 142 Å². The van der Waals surface area contributed by atoms with Crippen LogP contribution in [-0.4, -0.2) is 22.8 Å². The van der Waals surface area contributed by atoms with Gasteiger partial charge in [0.2, 0.25) is 0 Å². The van der Waals surface area contributed by atoms with E-state index in [-0.39, 0.29) is 0 Å². The van der Waals surface area contributed by atoms with Crippen LogP contribution >= 0.6 is 0 Å². The Balaban J connectivity index is 0. The summed E-state index contributed by atoms with van der Waals surface area (Å²) in [5, 5.41) is 16.9. The minimum atomic E-state index is -0.664. The molecule has 0 amide bonds. The van der Waals surface area contributed by atoms with E-state index in [1.165, 1.54) is 103 Å².